The molecule has 23 heavy (non-hydrogen) atoms. The Morgan fingerprint density at radius 3 is 2.43 bits per heavy atom. The molecular weight excluding hydrogens is 296 g/mol. The number of hydrogen-bond donors (Lipinski definition) is 1. The molecule has 1 N–H and O–H groups in total. The van der Waals surface area contributed by atoms with E-state index >= 15 is 0 Å². The first kappa shape index (κ1) is 18.0. The fourth-order valence-electron chi connectivity index (χ4n) is 3.69. The van der Waals surface area contributed by atoms with Crippen LogP contribution in [-0.2, 0) is 14.3 Å². The Balaban J connectivity index is 2.08. The average molecular weight is 326 g/mol. The Bertz CT molecular complexity index is 431. The second-order valence-corrected chi connectivity index (χ2v) is 7.42. The average Bonchev–Trinajstić information content (AvgIpc) is 2.45. The molecule has 2 rings (SSSR count). The van der Waals surface area contributed by atoms with Gasteiger partial charge in [-0.1, -0.05) is 0 Å². The lowest BCUT2D eigenvalue weighted by Crippen LogP contribution is -2.62. The van der Waals surface area contributed by atoms with Crippen LogP contribution in [-0.4, -0.2) is 54.3 Å². The first-order chi connectivity index (χ1) is 10.8. The Morgan fingerprint density at radius 2 is 1.83 bits per heavy atom. The molecule has 1 amide bonds. The smallest absolute Gasteiger partial charge is 0.407 e. The molecule has 2 fully saturated rings. The van der Waals surface area contributed by atoms with Crippen LogP contribution < -0.4 is 5.32 Å². The molecule has 0 aromatic rings. The van der Waals surface area contributed by atoms with E-state index in [1.807, 2.05) is 27.7 Å². The van der Waals surface area contributed by atoms with E-state index in [0.29, 0.717) is 6.61 Å². The molecule has 132 valence electrons. The van der Waals surface area contributed by atoms with Gasteiger partial charge in [0.05, 0.1) is 12.5 Å². The quantitative estimate of drug-likeness (QED) is 0.806. The third-order valence-corrected chi connectivity index (χ3v) is 4.46. The number of ether oxygens (including phenoxy) is 2. The van der Waals surface area contributed by atoms with Crippen LogP contribution in [0.15, 0.2) is 0 Å². The Kier molecular flexibility index (Phi) is 5.89. The van der Waals surface area contributed by atoms with Gasteiger partial charge in [0.2, 0.25) is 0 Å². The molecule has 0 aliphatic carbocycles. The Morgan fingerprint density at radius 1 is 1.17 bits per heavy atom. The molecule has 0 radical (unpaired) electrons. The summed E-state index contributed by atoms with van der Waals surface area (Å²) >= 11 is 0. The first-order valence-electron chi connectivity index (χ1n) is 8.72. The highest BCUT2D eigenvalue weighted by molar-refractivity contribution is 5.74. The van der Waals surface area contributed by atoms with Crippen LogP contribution in [0.3, 0.4) is 0 Å². The van der Waals surface area contributed by atoms with Gasteiger partial charge in [-0.15, -0.1) is 0 Å². The van der Waals surface area contributed by atoms with Crippen LogP contribution in [0.1, 0.15) is 53.4 Å². The minimum atomic E-state index is -0.522. The van der Waals surface area contributed by atoms with Crippen LogP contribution in [0, 0.1) is 5.92 Å². The van der Waals surface area contributed by atoms with E-state index < -0.39 is 11.7 Å². The highest BCUT2D eigenvalue weighted by atomic mass is 16.6. The maximum Gasteiger partial charge on any atom is 0.407 e. The molecular formula is C17H30N2O4. The zero-order chi connectivity index (χ0) is 17.0. The zero-order valence-corrected chi connectivity index (χ0v) is 14.8. The van der Waals surface area contributed by atoms with Gasteiger partial charge in [0, 0.05) is 12.1 Å². The number of rotatable bonds is 3. The molecule has 2 saturated heterocycles. The molecule has 2 heterocycles. The summed E-state index contributed by atoms with van der Waals surface area (Å²) in [5.74, 6) is -0.302. The van der Waals surface area contributed by atoms with Crippen molar-refractivity contribution in [3.8, 4) is 0 Å². The van der Waals surface area contributed by atoms with Crippen molar-refractivity contribution in [1.82, 2.24) is 10.2 Å². The fourth-order valence-corrected chi connectivity index (χ4v) is 3.69. The molecule has 6 heteroatoms. The summed E-state index contributed by atoms with van der Waals surface area (Å²) in [7, 11) is 0. The van der Waals surface area contributed by atoms with Gasteiger partial charge in [-0.25, -0.2) is 4.79 Å². The molecule has 0 unspecified atom stereocenters. The van der Waals surface area contributed by atoms with Gasteiger partial charge < -0.3 is 14.8 Å². The summed E-state index contributed by atoms with van der Waals surface area (Å²) < 4.78 is 10.6. The molecule has 0 bridgehead atoms. The lowest BCUT2D eigenvalue weighted by Gasteiger charge is -2.47. The topological polar surface area (TPSA) is 67.9 Å². The third kappa shape index (κ3) is 4.83. The molecule has 0 saturated carbocycles. The summed E-state index contributed by atoms with van der Waals surface area (Å²) in [5, 5.41) is 2.99. The lowest BCUT2D eigenvalue weighted by molar-refractivity contribution is -0.154. The molecule has 0 aromatic heterocycles. The molecule has 2 aliphatic rings. The highest BCUT2D eigenvalue weighted by Crippen LogP contribution is 2.32. The number of piperidine rings is 2. The molecule has 0 aromatic carbocycles. The number of esters is 1. The second kappa shape index (κ2) is 7.51. The number of amides is 1. The van der Waals surface area contributed by atoms with Crippen molar-refractivity contribution >= 4 is 12.1 Å². The van der Waals surface area contributed by atoms with E-state index in [0.717, 1.165) is 38.8 Å². The SMILES string of the molecule is CCOC(=O)[C@@H]1CCCN2CCC[C@H](NC(=O)OC(C)(C)C)[C@@H]12. The van der Waals surface area contributed by atoms with E-state index in [-0.39, 0.29) is 24.0 Å². The predicted octanol–water partition coefficient (Wildman–Crippen LogP) is 2.32. The van der Waals surface area contributed by atoms with E-state index in [2.05, 4.69) is 10.2 Å². The summed E-state index contributed by atoms with van der Waals surface area (Å²) in [6.45, 7) is 9.73. The van der Waals surface area contributed by atoms with E-state index in [9.17, 15) is 9.59 Å². The lowest BCUT2D eigenvalue weighted by atomic mass is 9.80. The maximum absolute atomic E-state index is 12.3. The minimum absolute atomic E-state index is 0.0177. The maximum atomic E-state index is 12.3. The molecule has 3 atom stereocenters. The molecule has 2 aliphatic heterocycles. The van der Waals surface area contributed by atoms with Crippen LogP contribution in [0.4, 0.5) is 4.79 Å². The monoisotopic (exact) mass is 326 g/mol. The number of nitrogens with zero attached hydrogens (tertiary/aromatic N) is 1. The summed E-state index contributed by atoms with van der Waals surface area (Å²) in [4.78, 5) is 26.8. The fraction of sp³-hybridized carbons (Fsp3) is 0.882. The van der Waals surface area contributed by atoms with E-state index in [1.54, 1.807) is 0 Å². The van der Waals surface area contributed by atoms with Crippen molar-refractivity contribution < 1.29 is 19.1 Å². The number of carbonyl (C=O) groups is 2. The first-order valence-corrected chi connectivity index (χ1v) is 8.72. The van der Waals surface area contributed by atoms with Crippen molar-refractivity contribution in [3.05, 3.63) is 0 Å². The number of nitrogens with one attached hydrogen (secondary N) is 1. The van der Waals surface area contributed by atoms with Crippen LogP contribution in [0.2, 0.25) is 0 Å². The van der Waals surface area contributed by atoms with Gasteiger partial charge in [0.1, 0.15) is 5.60 Å². The van der Waals surface area contributed by atoms with Crippen molar-refractivity contribution in [2.45, 2.75) is 71.1 Å². The standard InChI is InChI=1S/C17H30N2O4/c1-5-22-15(20)12-8-6-10-19-11-7-9-13(14(12)19)18-16(21)23-17(2,3)4/h12-14H,5-11H2,1-4H3,(H,18,21)/t12-,13+,14-/m1/s1. The summed E-state index contributed by atoms with van der Waals surface area (Å²) in [6, 6.07) is -0.0441. The van der Waals surface area contributed by atoms with E-state index in [4.69, 9.17) is 9.47 Å². The van der Waals surface area contributed by atoms with Crippen LogP contribution in [0.25, 0.3) is 0 Å². The summed E-state index contributed by atoms with van der Waals surface area (Å²) in [6.07, 6.45) is 3.31. The number of hydrogen-bond acceptors (Lipinski definition) is 5. The van der Waals surface area contributed by atoms with Gasteiger partial charge in [-0.2, -0.15) is 0 Å². The van der Waals surface area contributed by atoms with Gasteiger partial charge in [0.15, 0.2) is 0 Å². The molecule has 0 spiro atoms. The van der Waals surface area contributed by atoms with Gasteiger partial charge in [-0.3, -0.25) is 9.69 Å². The van der Waals surface area contributed by atoms with Crippen LogP contribution in [0.5, 0.6) is 0 Å². The van der Waals surface area contributed by atoms with Gasteiger partial charge in [-0.05, 0) is 66.5 Å². The van der Waals surface area contributed by atoms with Crippen LogP contribution >= 0.6 is 0 Å². The normalized spacial score (nSPS) is 28.6. The second-order valence-electron chi connectivity index (χ2n) is 7.42. The van der Waals surface area contributed by atoms with Gasteiger partial charge in [0.25, 0.3) is 0 Å². The zero-order valence-electron chi connectivity index (χ0n) is 14.8. The number of fused-ring (bicyclic) bond motifs is 1. The van der Waals surface area contributed by atoms with E-state index in [1.165, 1.54) is 0 Å². The summed E-state index contributed by atoms with van der Waals surface area (Å²) in [5.41, 5.74) is -0.522. The molecule has 6 nitrogen and oxygen atoms in total. The number of carbonyl (C=O) groups excluding carboxylic acids is 2. The minimum Gasteiger partial charge on any atom is -0.466 e. The van der Waals surface area contributed by atoms with Crippen molar-refractivity contribution in [2.24, 2.45) is 5.92 Å². The number of alkyl carbamates (subject to hydrolysis) is 1. The Hall–Kier alpha value is -1.30. The third-order valence-electron chi connectivity index (χ3n) is 4.46. The van der Waals surface area contributed by atoms with Crippen molar-refractivity contribution in [2.75, 3.05) is 19.7 Å². The largest absolute Gasteiger partial charge is 0.466 e. The Labute approximate surface area is 138 Å². The van der Waals surface area contributed by atoms with Crippen molar-refractivity contribution in [1.29, 1.82) is 0 Å². The highest BCUT2D eigenvalue weighted by Gasteiger charge is 2.44. The van der Waals surface area contributed by atoms with Crippen molar-refractivity contribution in [3.63, 3.8) is 0 Å². The van der Waals surface area contributed by atoms with Gasteiger partial charge >= 0.3 is 12.1 Å². The predicted molar refractivity (Wildman–Crippen MR) is 87.1 cm³/mol.